The molecule has 0 radical (unpaired) electrons. The van der Waals surface area contributed by atoms with Crippen molar-refractivity contribution in [3.8, 4) is 0 Å². The summed E-state index contributed by atoms with van der Waals surface area (Å²) in [6.45, 7) is 1.16. The van der Waals surface area contributed by atoms with Gasteiger partial charge in [0.15, 0.2) is 0 Å². The van der Waals surface area contributed by atoms with Gasteiger partial charge in [-0.15, -0.1) is 0 Å². The molecule has 0 amide bonds. The average molecular weight is 203 g/mol. The standard InChI is InChI=1S/C7H18GeN2/c1-8(2)5-9(3)7-10(4)6-8/h5-7H2,1-4H3. The van der Waals surface area contributed by atoms with Crippen molar-refractivity contribution in [3.05, 3.63) is 0 Å². The fourth-order valence-corrected chi connectivity index (χ4v) is 8.79. The van der Waals surface area contributed by atoms with E-state index < -0.39 is 13.3 Å². The maximum absolute atomic E-state index is 2.51. The van der Waals surface area contributed by atoms with Gasteiger partial charge in [-0.3, -0.25) is 0 Å². The molecule has 3 heteroatoms. The fourth-order valence-electron chi connectivity index (χ4n) is 2.02. The Labute approximate surface area is 66.5 Å². The molecule has 0 N–H and O–H groups in total. The van der Waals surface area contributed by atoms with E-state index >= 15 is 0 Å². The van der Waals surface area contributed by atoms with Crippen LogP contribution in [-0.2, 0) is 0 Å². The predicted molar refractivity (Wildman–Crippen MR) is 47.6 cm³/mol. The van der Waals surface area contributed by atoms with E-state index in [1.807, 2.05) is 0 Å². The van der Waals surface area contributed by atoms with Gasteiger partial charge >= 0.3 is 66.1 Å². The Hall–Kier alpha value is 0.463. The molecule has 0 aromatic carbocycles. The van der Waals surface area contributed by atoms with Gasteiger partial charge in [0, 0.05) is 0 Å². The van der Waals surface area contributed by atoms with Crippen LogP contribution in [0.25, 0.3) is 0 Å². The van der Waals surface area contributed by atoms with E-state index in [0.717, 1.165) is 6.67 Å². The van der Waals surface area contributed by atoms with E-state index in [9.17, 15) is 0 Å². The Morgan fingerprint density at radius 1 is 1.00 bits per heavy atom. The first-order valence-electron chi connectivity index (χ1n) is 3.87. The molecule has 10 heavy (non-hydrogen) atoms. The summed E-state index contributed by atoms with van der Waals surface area (Å²) in [5.41, 5.74) is 0. The Morgan fingerprint density at radius 3 is 1.70 bits per heavy atom. The first kappa shape index (κ1) is 8.56. The van der Waals surface area contributed by atoms with Crippen molar-refractivity contribution < 1.29 is 0 Å². The molecule has 0 aromatic rings. The fraction of sp³-hybridized carbons (Fsp3) is 1.00. The molecule has 1 heterocycles. The van der Waals surface area contributed by atoms with Crippen LogP contribution in [0.1, 0.15) is 0 Å². The van der Waals surface area contributed by atoms with Crippen LogP contribution in [0.3, 0.4) is 0 Å². The molecule has 2 nitrogen and oxygen atoms in total. The van der Waals surface area contributed by atoms with E-state index in [2.05, 4.69) is 35.4 Å². The zero-order chi connectivity index (χ0) is 7.78. The summed E-state index contributed by atoms with van der Waals surface area (Å²) in [4.78, 5) is 4.90. The van der Waals surface area contributed by atoms with Crippen LogP contribution in [0.5, 0.6) is 0 Å². The zero-order valence-corrected chi connectivity index (χ0v) is 9.61. The van der Waals surface area contributed by atoms with Crippen molar-refractivity contribution in [2.45, 2.75) is 11.5 Å². The molecule has 0 unspecified atom stereocenters. The van der Waals surface area contributed by atoms with Gasteiger partial charge < -0.3 is 0 Å². The normalized spacial score (nSPS) is 28.8. The van der Waals surface area contributed by atoms with Gasteiger partial charge in [0.1, 0.15) is 0 Å². The molecule has 0 aliphatic carbocycles. The van der Waals surface area contributed by atoms with Gasteiger partial charge in [0.05, 0.1) is 0 Å². The molecule has 0 saturated carbocycles. The van der Waals surface area contributed by atoms with Gasteiger partial charge in [0.25, 0.3) is 0 Å². The van der Waals surface area contributed by atoms with E-state index in [-0.39, 0.29) is 0 Å². The number of rotatable bonds is 0. The first-order valence-corrected chi connectivity index (χ1v) is 11.0. The Balaban J connectivity index is 2.51. The summed E-state index contributed by atoms with van der Waals surface area (Å²) in [7, 11) is 4.45. The Morgan fingerprint density at radius 2 is 1.40 bits per heavy atom. The van der Waals surface area contributed by atoms with Crippen molar-refractivity contribution >= 4 is 13.3 Å². The molecule has 1 fully saturated rings. The Kier molecular flexibility index (Phi) is 2.43. The van der Waals surface area contributed by atoms with Crippen LogP contribution in [0.4, 0.5) is 0 Å². The molecule has 0 aromatic heterocycles. The summed E-state index contributed by atoms with van der Waals surface area (Å²) in [6.07, 6.45) is 0. The van der Waals surface area contributed by atoms with Crippen LogP contribution < -0.4 is 0 Å². The van der Waals surface area contributed by atoms with Gasteiger partial charge in [-0.1, -0.05) is 0 Å². The topological polar surface area (TPSA) is 6.48 Å². The number of hydrogen-bond donors (Lipinski definition) is 0. The number of nitrogens with zero attached hydrogens (tertiary/aromatic N) is 2. The predicted octanol–water partition coefficient (Wildman–Crippen LogP) is 0.608. The minimum atomic E-state index is -1.33. The molecule has 60 valence electrons. The SMILES string of the molecule is CN1CN(C)[CH2][Ge]([CH3])([CH3])[CH2]1. The second-order valence-corrected chi connectivity index (χ2v) is 14.7. The van der Waals surface area contributed by atoms with E-state index in [1.54, 1.807) is 0 Å². The van der Waals surface area contributed by atoms with Crippen molar-refractivity contribution in [2.24, 2.45) is 0 Å². The van der Waals surface area contributed by atoms with Crippen molar-refractivity contribution in [3.63, 3.8) is 0 Å². The zero-order valence-electron chi connectivity index (χ0n) is 7.52. The van der Waals surface area contributed by atoms with E-state index in [0.29, 0.717) is 0 Å². The van der Waals surface area contributed by atoms with Crippen molar-refractivity contribution in [1.82, 2.24) is 9.80 Å². The van der Waals surface area contributed by atoms with Gasteiger partial charge in [-0.2, -0.15) is 0 Å². The van der Waals surface area contributed by atoms with Crippen LogP contribution in [-0.4, -0.2) is 54.6 Å². The van der Waals surface area contributed by atoms with E-state index in [4.69, 9.17) is 0 Å². The van der Waals surface area contributed by atoms with Crippen LogP contribution >= 0.6 is 0 Å². The second kappa shape index (κ2) is 2.83. The van der Waals surface area contributed by atoms with Gasteiger partial charge in [-0.25, -0.2) is 0 Å². The van der Waals surface area contributed by atoms with Gasteiger partial charge in [-0.05, 0) is 0 Å². The van der Waals surface area contributed by atoms with Crippen molar-refractivity contribution in [2.75, 3.05) is 31.5 Å². The molecular formula is C7H18GeN2. The third-order valence-corrected chi connectivity index (χ3v) is 7.74. The minimum absolute atomic E-state index is 1.16. The number of hydrogen-bond acceptors (Lipinski definition) is 2. The molecule has 1 aliphatic rings. The molecule has 0 bridgehead atoms. The first-order chi connectivity index (χ1) is 4.49. The molecule has 1 rings (SSSR count). The van der Waals surface area contributed by atoms with Crippen LogP contribution in [0.15, 0.2) is 0 Å². The van der Waals surface area contributed by atoms with Gasteiger partial charge in [0.2, 0.25) is 0 Å². The molecule has 0 spiro atoms. The quantitative estimate of drug-likeness (QED) is 0.532. The van der Waals surface area contributed by atoms with Crippen molar-refractivity contribution in [1.29, 1.82) is 0 Å². The summed E-state index contributed by atoms with van der Waals surface area (Å²) in [5, 5.41) is 2.81. The van der Waals surface area contributed by atoms with Crippen LogP contribution in [0.2, 0.25) is 11.5 Å². The monoisotopic (exact) mass is 204 g/mol. The second-order valence-electron chi connectivity index (χ2n) is 4.33. The molecule has 1 aliphatic heterocycles. The van der Waals surface area contributed by atoms with Crippen LogP contribution in [0, 0.1) is 0 Å². The average Bonchev–Trinajstić information content (AvgIpc) is 1.54. The molecule has 0 atom stereocenters. The third-order valence-electron chi connectivity index (χ3n) is 1.88. The van der Waals surface area contributed by atoms with E-state index in [1.165, 1.54) is 10.8 Å². The summed E-state index contributed by atoms with van der Waals surface area (Å²) >= 11 is -1.33. The maximum atomic E-state index is 2.51. The summed E-state index contributed by atoms with van der Waals surface area (Å²) in [5.74, 6) is 5.01. The summed E-state index contributed by atoms with van der Waals surface area (Å²) < 4.78 is 0. The molecular weight excluding hydrogens is 185 g/mol. The third kappa shape index (κ3) is 2.25. The Bertz CT molecular complexity index is 113. The summed E-state index contributed by atoms with van der Waals surface area (Å²) in [6, 6.07) is 0. The molecule has 1 saturated heterocycles.